The van der Waals surface area contributed by atoms with Gasteiger partial charge in [0.15, 0.2) is 0 Å². The highest BCUT2D eigenvalue weighted by Gasteiger charge is 2.25. The van der Waals surface area contributed by atoms with E-state index in [1.165, 1.54) is 56.2 Å². The van der Waals surface area contributed by atoms with Crippen LogP contribution in [0.15, 0.2) is 0 Å². The molecule has 0 aliphatic heterocycles. The van der Waals surface area contributed by atoms with E-state index in [9.17, 15) is 0 Å². The van der Waals surface area contributed by atoms with Gasteiger partial charge in [-0.3, -0.25) is 0 Å². The third-order valence-corrected chi connectivity index (χ3v) is 5.01. The molecule has 1 fully saturated rings. The summed E-state index contributed by atoms with van der Waals surface area (Å²) in [5.74, 6) is 2.37. The van der Waals surface area contributed by atoms with E-state index in [2.05, 4.69) is 11.9 Å². The second-order valence-corrected chi connectivity index (χ2v) is 6.69. The van der Waals surface area contributed by atoms with E-state index in [0.29, 0.717) is 5.92 Å². The van der Waals surface area contributed by atoms with Gasteiger partial charge in [-0.15, -0.1) is 0 Å². The topological polar surface area (TPSA) is 25.8 Å². The van der Waals surface area contributed by atoms with Gasteiger partial charge >= 0.3 is 0 Å². The van der Waals surface area contributed by atoms with Crippen LogP contribution in [0.25, 0.3) is 0 Å². The number of aromatic nitrogens is 2. The van der Waals surface area contributed by atoms with Crippen molar-refractivity contribution in [1.29, 1.82) is 0 Å². The van der Waals surface area contributed by atoms with Gasteiger partial charge in [-0.1, -0.05) is 37.8 Å². The van der Waals surface area contributed by atoms with Crippen molar-refractivity contribution < 1.29 is 0 Å². The largest absolute Gasteiger partial charge is 0.237 e. The number of fused-ring (bicyclic) bond motifs is 1. The Balaban J connectivity index is 1.90. The second-order valence-electron chi connectivity index (χ2n) is 6.33. The molecule has 2 nitrogen and oxygen atoms in total. The van der Waals surface area contributed by atoms with Gasteiger partial charge in [0.2, 0.25) is 0 Å². The first kappa shape index (κ1) is 13.4. The van der Waals surface area contributed by atoms with Gasteiger partial charge in [0.05, 0.1) is 0 Å². The molecule has 2 atom stereocenters. The lowest BCUT2D eigenvalue weighted by Gasteiger charge is -2.26. The standard InChI is InChI=1S/C16H23ClN2/c1-11-6-5-7-12(10-11)16-18-14-9-4-2-3-8-13(14)15(17)19-16/h11-12H,2-10H2,1H3. The van der Waals surface area contributed by atoms with Crippen LogP contribution in [0.3, 0.4) is 0 Å². The average Bonchev–Trinajstić information content (AvgIpc) is 2.64. The lowest BCUT2D eigenvalue weighted by atomic mass is 9.82. The Hall–Kier alpha value is -0.630. The van der Waals surface area contributed by atoms with E-state index in [1.54, 1.807) is 0 Å². The number of aryl methyl sites for hydroxylation is 1. The highest BCUT2D eigenvalue weighted by molar-refractivity contribution is 6.30. The van der Waals surface area contributed by atoms with Gasteiger partial charge < -0.3 is 0 Å². The lowest BCUT2D eigenvalue weighted by Crippen LogP contribution is -2.16. The maximum Gasteiger partial charge on any atom is 0.136 e. The summed E-state index contributed by atoms with van der Waals surface area (Å²) >= 11 is 6.42. The predicted molar refractivity (Wildman–Crippen MR) is 78.7 cm³/mol. The minimum atomic E-state index is 0.537. The van der Waals surface area contributed by atoms with E-state index in [4.69, 9.17) is 16.6 Å². The fourth-order valence-corrected chi connectivity index (χ4v) is 3.88. The number of halogens is 1. The highest BCUT2D eigenvalue weighted by atomic mass is 35.5. The summed E-state index contributed by atoms with van der Waals surface area (Å²) in [4.78, 5) is 9.54. The van der Waals surface area contributed by atoms with E-state index in [0.717, 1.165) is 29.7 Å². The summed E-state index contributed by atoms with van der Waals surface area (Å²) in [7, 11) is 0. The van der Waals surface area contributed by atoms with Gasteiger partial charge in [-0.2, -0.15) is 0 Å². The van der Waals surface area contributed by atoms with Gasteiger partial charge in [0.1, 0.15) is 11.0 Å². The molecular formula is C16H23ClN2. The predicted octanol–water partition coefficient (Wildman–Crippen LogP) is 4.69. The summed E-state index contributed by atoms with van der Waals surface area (Å²) in [5.41, 5.74) is 2.47. The lowest BCUT2D eigenvalue weighted by molar-refractivity contribution is 0.334. The van der Waals surface area contributed by atoms with Crippen LogP contribution in [0.2, 0.25) is 5.15 Å². The third-order valence-electron chi connectivity index (χ3n) is 4.70. The van der Waals surface area contributed by atoms with Crippen molar-refractivity contribution in [2.75, 3.05) is 0 Å². The zero-order chi connectivity index (χ0) is 13.2. The van der Waals surface area contributed by atoms with Crippen LogP contribution >= 0.6 is 11.6 Å². The molecule has 3 rings (SSSR count). The van der Waals surface area contributed by atoms with Crippen molar-refractivity contribution in [2.45, 2.75) is 70.6 Å². The molecule has 0 amide bonds. The minimum absolute atomic E-state index is 0.537. The summed E-state index contributed by atoms with van der Waals surface area (Å²) in [5, 5.41) is 0.736. The smallest absolute Gasteiger partial charge is 0.136 e. The fourth-order valence-electron chi connectivity index (χ4n) is 3.59. The van der Waals surface area contributed by atoms with Crippen LogP contribution in [0.4, 0.5) is 0 Å². The second kappa shape index (κ2) is 5.78. The van der Waals surface area contributed by atoms with E-state index < -0.39 is 0 Å². The van der Waals surface area contributed by atoms with E-state index >= 15 is 0 Å². The average molecular weight is 279 g/mol. The Labute approximate surface area is 121 Å². The quantitative estimate of drug-likeness (QED) is 0.550. The first-order chi connectivity index (χ1) is 9.24. The number of hydrogen-bond acceptors (Lipinski definition) is 2. The molecule has 0 spiro atoms. The van der Waals surface area contributed by atoms with Gasteiger partial charge in [0.25, 0.3) is 0 Å². The summed E-state index contributed by atoms with van der Waals surface area (Å²) in [6, 6.07) is 0. The van der Waals surface area contributed by atoms with Crippen LogP contribution in [-0.4, -0.2) is 9.97 Å². The molecule has 2 unspecified atom stereocenters. The molecule has 1 heterocycles. The van der Waals surface area contributed by atoms with Gasteiger partial charge in [-0.25, -0.2) is 9.97 Å². The number of rotatable bonds is 1. The SMILES string of the molecule is CC1CCCC(c2nc(Cl)c3c(n2)CCCCC3)C1. The molecule has 0 bridgehead atoms. The molecule has 2 aliphatic rings. The van der Waals surface area contributed by atoms with Crippen molar-refractivity contribution in [1.82, 2.24) is 9.97 Å². The molecule has 0 saturated heterocycles. The van der Waals surface area contributed by atoms with E-state index in [1.807, 2.05) is 0 Å². The molecule has 3 heteroatoms. The first-order valence-electron chi connectivity index (χ1n) is 7.79. The molecule has 1 aromatic rings. The fraction of sp³-hybridized carbons (Fsp3) is 0.750. The highest BCUT2D eigenvalue weighted by Crippen LogP contribution is 2.36. The van der Waals surface area contributed by atoms with Crippen LogP contribution in [-0.2, 0) is 12.8 Å². The molecule has 0 aromatic carbocycles. The van der Waals surface area contributed by atoms with Crippen molar-refractivity contribution in [2.24, 2.45) is 5.92 Å². The van der Waals surface area contributed by atoms with Gasteiger partial charge in [0, 0.05) is 17.2 Å². The minimum Gasteiger partial charge on any atom is -0.237 e. The summed E-state index contributed by atoms with van der Waals surface area (Å²) < 4.78 is 0. The maximum atomic E-state index is 6.42. The van der Waals surface area contributed by atoms with Crippen molar-refractivity contribution in [3.05, 3.63) is 22.2 Å². The summed E-state index contributed by atoms with van der Waals surface area (Å²) in [6.07, 6.45) is 11.1. The van der Waals surface area contributed by atoms with Crippen LogP contribution < -0.4 is 0 Å². The monoisotopic (exact) mass is 278 g/mol. The van der Waals surface area contributed by atoms with E-state index in [-0.39, 0.29) is 0 Å². The van der Waals surface area contributed by atoms with Crippen molar-refractivity contribution >= 4 is 11.6 Å². The number of hydrogen-bond donors (Lipinski definition) is 0. The molecule has 1 aromatic heterocycles. The Morgan fingerprint density at radius 1 is 1.00 bits per heavy atom. The molecule has 0 radical (unpaired) electrons. The van der Waals surface area contributed by atoms with Crippen LogP contribution in [0.1, 0.15) is 74.9 Å². The zero-order valence-electron chi connectivity index (χ0n) is 11.8. The Morgan fingerprint density at radius 2 is 1.84 bits per heavy atom. The van der Waals surface area contributed by atoms with Crippen LogP contribution in [0, 0.1) is 5.92 Å². The number of nitrogens with zero attached hydrogens (tertiary/aromatic N) is 2. The van der Waals surface area contributed by atoms with Gasteiger partial charge in [-0.05, 0) is 44.4 Å². The zero-order valence-corrected chi connectivity index (χ0v) is 12.5. The molecule has 104 valence electrons. The molecular weight excluding hydrogens is 256 g/mol. The van der Waals surface area contributed by atoms with Crippen molar-refractivity contribution in [3.8, 4) is 0 Å². The van der Waals surface area contributed by atoms with Crippen LogP contribution in [0.5, 0.6) is 0 Å². The molecule has 2 aliphatic carbocycles. The van der Waals surface area contributed by atoms with Crippen molar-refractivity contribution in [3.63, 3.8) is 0 Å². The third kappa shape index (κ3) is 2.94. The maximum absolute atomic E-state index is 6.42. The normalized spacial score (nSPS) is 27.7. The Morgan fingerprint density at radius 3 is 2.68 bits per heavy atom. The Bertz CT molecular complexity index is 458. The molecule has 1 saturated carbocycles. The molecule has 0 N–H and O–H groups in total. The first-order valence-corrected chi connectivity index (χ1v) is 8.17. The summed E-state index contributed by atoms with van der Waals surface area (Å²) in [6.45, 7) is 2.34. The molecule has 19 heavy (non-hydrogen) atoms. The Kier molecular flexibility index (Phi) is 4.07.